The lowest BCUT2D eigenvalue weighted by atomic mass is 10.2. The Morgan fingerprint density at radius 1 is 1.00 bits per heavy atom. The normalized spacial score (nSPS) is 11.8. The highest BCUT2D eigenvalue weighted by molar-refractivity contribution is 7.99. The van der Waals surface area contributed by atoms with Crippen LogP contribution in [0, 0.1) is 0 Å². The molecule has 3 aromatic rings. The number of carbonyl (C=O) groups excluding carboxylic acids is 2. The third-order valence-corrected chi connectivity index (χ3v) is 6.82. The van der Waals surface area contributed by atoms with Crippen LogP contribution in [0.4, 0.5) is 5.69 Å². The number of anilines is 1. The highest BCUT2D eigenvalue weighted by Gasteiger charge is 2.19. The number of hydrogen-bond donors (Lipinski definition) is 2. The second-order valence-electron chi connectivity index (χ2n) is 6.69. The van der Waals surface area contributed by atoms with Gasteiger partial charge in [-0.2, -0.15) is 0 Å². The standard InChI is InChI=1S/C20H17Cl4N5O2S/c1-10(25-19(31)11-3-5-13(21)15(23)7-11)18-27-28-20(29(18)2)32-9-17(30)26-12-4-6-14(22)16(24)8-12/h3-8,10H,9H2,1-2H3,(H,25,31)(H,26,30)/t10-/m0/s1. The Balaban J connectivity index is 1.59. The van der Waals surface area contributed by atoms with E-state index < -0.39 is 6.04 Å². The number of amides is 2. The highest BCUT2D eigenvalue weighted by Crippen LogP contribution is 2.26. The van der Waals surface area contributed by atoms with Crippen LogP contribution in [0.1, 0.15) is 29.1 Å². The van der Waals surface area contributed by atoms with E-state index in [9.17, 15) is 9.59 Å². The van der Waals surface area contributed by atoms with E-state index in [1.807, 2.05) is 0 Å². The Morgan fingerprint density at radius 2 is 1.66 bits per heavy atom. The van der Waals surface area contributed by atoms with Gasteiger partial charge in [0.25, 0.3) is 5.91 Å². The fraction of sp³-hybridized carbons (Fsp3) is 0.200. The summed E-state index contributed by atoms with van der Waals surface area (Å²) in [4.78, 5) is 24.7. The third kappa shape index (κ3) is 6.08. The van der Waals surface area contributed by atoms with Crippen LogP contribution in [0.25, 0.3) is 0 Å². The average Bonchev–Trinajstić information content (AvgIpc) is 3.11. The highest BCUT2D eigenvalue weighted by atomic mass is 35.5. The number of carbonyl (C=O) groups is 2. The molecule has 0 aliphatic carbocycles. The fourth-order valence-electron chi connectivity index (χ4n) is 2.71. The molecule has 0 bridgehead atoms. The zero-order chi connectivity index (χ0) is 23.4. The molecule has 3 rings (SSSR count). The molecule has 0 spiro atoms. The predicted molar refractivity (Wildman–Crippen MR) is 129 cm³/mol. The van der Waals surface area contributed by atoms with Crippen LogP contribution in [-0.2, 0) is 11.8 Å². The zero-order valence-corrected chi connectivity index (χ0v) is 20.7. The summed E-state index contributed by atoms with van der Waals surface area (Å²) in [6.45, 7) is 1.78. The molecule has 168 valence electrons. The molecule has 2 aromatic carbocycles. The van der Waals surface area contributed by atoms with Gasteiger partial charge < -0.3 is 15.2 Å². The van der Waals surface area contributed by atoms with Gasteiger partial charge >= 0.3 is 0 Å². The van der Waals surface area contributed by atoms with Crippen LogP contribution in [0.5, 0.6) is 0 Å². The molecule has 1 aromatic heterocycles. The van der Waals surface area contributed by atoms with Crippen molar-refractivity contribution >= 4 is 75.7 Å². The van der Waals surface area contributed by atoms with Crippen molar-refractivity contribution in [2.75, 3.05) is 11.1 Å². The average molecular weight is 533 g/mol. The van der Waals surface area contributed by atoms with Gasteiger partial charge in [0, 0.05) is 18.3 Å². The summed E-state index contributed by atoms with van der Waals surface area (Å²) in [6.07, 6.45) is 0. The number of nitrogens with zero attached hydrogens (tertiary/aromatic N) is 3. The van der Waals surface area contributed by atoms with Crippen molar-refractivity contribution in [1.82, 2.24) is 20.1 Å². The lowest BCUT2D eigenvalue weighted by Crippen LogP contribution is -2.28. The fourth-order valence-corrected chi connectivity index (χ4v) is 4.03. The van der Waals surface area contributed by atoms with Crippen molar-refractivity contribution in [3.63, 3.8) is 0 Å². The first kappa shape index (κ1) is 24.7. The van der Waals surface area contributed by atoms with Gasteiger partial charge in [0.1, 0.15) is 0 Å². The minimum atomic E-state index is -0.436. The van der Waals surface area contributed by atoms with Gasteiger partial charge in [-0.05, 0) is 43.3 Å². The topological polar surface area (TPSA) is 88.9 Å². The van der Waals surface area contributed by atoms with Crippen molar-refractivity contribution in [2.45, 2.75) is 18.1 Å². The van der Waals surface area contributed by atoms with Gasteiger partial charge in [0.15, 0.2) is 11.0 Å². The third-order valence-electron chi connectivity index (χ3n) is 4.32. The first-order valence-corrected chi connectivity index (χ1v) is 11.7. The molecule has 12 heteroatoms. The minimum Gasteiger partial charge on any atom is -0.342 e. The molecule has 0 saturated heterocycles. The van der Waals surface area contributed by atoms with E-state index in [0.717, 1.165) is 0 Å². The van der Waals surface area contributed by atoms with Crippen LogP contribution < -0.4 is 10.6 Å². The van der Waals surface area contributed by atoms with E-state index in [1.54, 1.807) is 48.9 Å². The number of aromatic nitrogens is 3. The van der Waals surface area contributed by atoms with Gasteiger partial charge in [0.2, 0.25) is 5.91 Å². The van der Waals surface area contributed by atoms with Gasteiger partial charge in [-0.3, -0.25) is 9.59 Å². The maximum Gasteiger partial charge on any atom is 0.251 e. The first-order chi connectivity index (χ1) is 15.2. The number of benzene rings is 2. The lowest BCUT2D eigenvalue weighted by molar-refractivity contribution is -0.113. The van der Waals surface area contributed by atoms with E-state index in [-0.39, 0.29) is 17.6 Å². The minimum absolute atomic E-state index is 0.107. The molecule has 32 heavy (non-hydrogen) atoms. The van der Waals surface area contributed by atoms with E-state index in [0.29, 0.717) is 42.3 Å². The SMILES string of the molecule is C[C@H](NC(=O)c1ccc(Cl)c(Cl)c1)c1nnc(SCC(=O)Nc2ccc(Cl)c(Cl)c2)n1C. The second-order valence-corrected chi connectivity index (χ2v) is 9.26. The maximum absolute atomic E-state index is 12.5. The number of rotatable bonds is 7. The molecule has 1 atom stereocenters. The summed E-state index contributed by atoms with van der Waals surface area (Å²) in [7, 11) is 1.76. The largest absolute Gasteiger partial charge is 0.342 e. The van der Waals surface area contributed by atoms with Crippen molar-refractivity contribution in [3.05, 3.63) is 67.9 Å². The van der Waals surface area contributed by atoms with Gasteiger partial charge in [-0.1, -0.05) is 58.2 Å². The Kier molecular flexibility index (Phi) is 8.30. The Bertz CT molecular complexity index is 1170. The van der Waals surface area contributed by atoms with Crippen LogP contribution in [0.15, 0.2) is 41.6 Å². The molecule has 0 aliphatic heterocycles. The van der Waals surface area contributed by atoms with Crippen molar-refractivity contribution in [1.29, 1.82) is 0 Å². The summed E-state index contributed by atoms with van der Waals surface area (Å²) in [6, 6.07) is 9.05. The Morgan fingerprint density at radius 3 is 2.31 bits per heavy atom. The number of thioether (sulfide) groups is 1. The molecule has 0 aliphatic rings. The van der Waals surface area contributed by atoms with Crippen LogP contribution in [0.2, 0.25) is 20.1 Å². The number of hydrogen-bond acceptors (Lipinski definition) is 5. The first-order valence-electron chi connectivity index (χ1n) is 9.18. The number of halogens is 4. The molecule has 2 N–H and O–H groups in total. The zero-order valence-electron chi connectivity index (χ0n) is 16.8. The summed E-state index contributed by atoms with van der Waals surface area (Å²) < 4.78 is 1.72. The van der Waals surface area contributed by atoms with E-state index in [4.69, 9.17) is 46.4 Å². The lowest BCUT2D eigenvalue weighted by Gasteiger charge is -2.14. The second kappa shape index (κ2) is 10.8. The van der Waals surface area contributed by atoms with Crippen LogP contribution in [-0.4, -0.2) is 32.3 Å². The molecule has 2 amide bonds. The molecule has 0 unspecified atom stereocenters. The summed E-state index contributed by atoms with van der Waals surface area (Å²) >= 11 is 24.9. The molecular weight excluding hydrogens is 516 g/mol. The van der Waals surface area contributed by atoms with Crippen molar-refractivity contribution < 1.29 is 9.59 Å². The predicted octanol–water partition coefficient (Wildman–Crippen LogP) is 5.65. The molecule has 1 heterocycles. The van der Waals surface area contributed by atoms with Crippen molar-refractivity contribution in [2.24, 2.45) is 7.05 Å². The maximum atomic E-state index is 12.5. The monoisotopic (exact) mass is 531 g/mol. The Hall–Kier alpha value is -1.97. The molecular formula is C20H17Cl4N5O2S. The summed E-state index contributed by atoms with van der Waals surface area (Å²) in [5, 5.41) is 15.8. The van der Waals surface area contributed by atoms with Crippen LogP contribution in [0.3, 0.4) is 0 Å². The van der Waals surface area contributed by atoms with Crippen molar-refractivity contribution in [3.8, 4) is 0 Å². The quantitative estimate of drug-likeness (QED) is 0.384. The molecule has 0 saturated carbocycles. The molecule has 0 fully saturated rings. The summed E-state index contributed by atoms with van der Waals surface area (Å²) in [5.41, 5.74) is 0.921. The molecule has 0 radical (unpaired) electrons. The van der Waals surface area contributed by atoms with Gasteiger partial charge in [-0.25, -0.2) is 0 Å². The smallest absolute Gasteiger partial charge is 0.251 e. The van der Waals surface area contributed by atoms with E-state index in [1.165, 1.54) is 17.8 Å². The molecule has 7 nitrogen and oxygen atoms in total. The van der Waals surface area contributed by atoms with E-state index in [2.05, 4.69) is 20.8 Å². The van der Waals surface area contributed by atoms with Gasteiger partial charge in [-0.15, -0.1) is 10.2 Å². The van der Waals surface area contributed by atoms with E-state index >= 15 is 0 Å². The van der Waals surface area contributed by atoms with Gasteiger partial charge in [0.05, 0.1) is 31.9 Å². The van der Waals surface area contributed by atoms with Crippen LogP contribution >= 0.6 is 58.2 Å². The number of nitrogens with one attached hydrogen (secondary N) is 2. The Labute approximate surface area is 208 Å². The summed E-state index contributed by atoms with van der Waals surface area (Å²) in [5.74, 6) is 0.0787.